The summed E-state index contributed by atoms with van der Waals surface area (Å²) in [6.07, 6.45) is 0. The number of primary amides is 1. The standard InChI is InChI=1S/C20H22N4O2/c1-14-7-3-4-8-15(14)11-23(2)13-19-22-17-10-6-5-9-16(17)20(26)24(19)12-18(21)25/h3-10H,11-13H2,1-2H3,(H2,21,25)/p+1. The van der Waals surface area contributed by atoms with Gasteiger partial charge in [0.05, 0.1) is 18.0 Å². The van der Waals surface area contributed by atoms with Gasteiger partial charge in [-0.2, -0.15) is 0 Å². The number of nitrogens with zero attached hydrogens (tertiary/aromatic N) is 2. The van der Waals surface area contributed by atoms with E-state index in [1.807, 2.05) is 31.3 Å². The van der Waals surface area contributed by atoms with Gasteiger partial charge in [0, 0.05) is 5.56 Å². The number of quaternary nitrogens is 1. The minimum Gasteiger partial charge on any atom is -0.368 e. The van der Waals surface area contributed by atoms with Gasteiger partial charge in [0.15, 0.2) is 5.82 Å². The van der Waals surface area contributed by atoms with Crippen LogP contribution in [0.5, 0.6) is 0 Å². The predicted octanol–water partition coefficient (Wildman–Crippen LogP) is 0.405. The molecule has 1 atom stereocenters. The topological polar surface area (TPSA) is 82.4 Å². The van der Waals surface area contributed by atoms with E-state index >= 15 is 0 Å². The summed E-state index contributed by atoms with van der Waals surface area (Å²) in [5.41, 5.74) is 8.23. The Balaban J connectivity index is 1.96. The van der Waals surface area contributed by atoms with Gasteiger partial charge in [-0.3, -0.25) is 14.2 Å². The van der Waals surface area contributed by atoms with Crippen LogP contribution < -0.4 is 16.2 Å². The van der Waals surface area contributed by atoms with Crippen LogP contribution in [0.2, 0.25) is 0 Å². The van der Waals surface area contributed by atoms with E-state index in [0.29, 0.717) is 23.3 Å². The highest BCUT2D eigenvalue weighted by Crippen LogP contribution is 2.08. The average Bonchev–Trinajstić information content (AvgIpc) is 2.60. The van der Waals surface area contributed by atoms with Crippen LogP contribution in [0.3, 0.4) is 0 Å². The lowest BCUT2D eigenvalue weighted by molar-refractivity contribution is -0.908. The van der Waals surface area contributed by atoms with Crippen molar-refractivity contribution < 1.29 is 9.69 Å². The predicted molar refractivity (Wildman–Crippen MR) is 101 cm³/mol. The molecule has 134 valence electrons. The van der Waals surface area contributed by atoms with E-state index in [9.17, 15) is 9.59 Å². The molecule has 6 nitrogen and oxygen atoms in total. The van der Waals surface area contributed by atoms with Gasteiger partial charge in [-0.15, -0.1) is 0 Å². The maximum Gasteiger partial charge on any atom is 0.262 e. The molecule has 3 aromatic rings. The number of amides is 1. The molecule has 2 aromatic carbocycles. The van der Waals surface area contributed by atoms with Gasteiger partial charge in [0.1, 0.15) is 19.6 Å². The Bertz CT molecular complexity index is 1010. The number of para-hydroxylation sites is 1. The van der Waals surface area contributed by atoms with Crippen LogP contribution in [0.25, 0.3) is 10.9 Å². The first-order valence-electron chi connectivity index (χ1n) is 8.58. The lowest BCUT2D eigenvalue weighted by Crippen LogP contribution is -3.06. The summed E-state index contributed by atoms with van der Waals surface area (Å²) < 4.78 is 1.39. The van der Waals surface area contributed by atoms with Gasteiger partial charge in [0.2, 0.25) is 5.91 Å². The molecule has 1 heterocycles. The van der Waals surface area contributed by atoms with Crippen molar-refractivity contribution in [3.63, 3.8) is 0 Å². The number of aromatic nitrogens is 2. The zero-order valence-corrected chi connectivity index (χ0v) is 15.0. The average molecular weight is 351 g/mol. The summed E-state index contributed by atoms with van der Waals surface area (Å²) in [7, 11) is 2.04. The van der Waals surface area contributed by atoms with Crippen molar-refractivity contribution in [2.75, 3.05) is 7.05 Å². The summed E-state index contributed by atoms with van der Waals surface area (Å²) in [5.74, 6) is 0.0144. The Morgan fingerprint density at radius 1 is 1.12 bits per heavy atom. The zero-order chi connectivity index (χ0) is 18.7. The number of carbonyl (C=O) groups is 1. The minimum absolute atomic E-state index is 0.163. The number of nitrogens with one attached hydrogen (secondary N) is 1. The molecular formula is C20H23N4O2+. The Kier molecular flexibility index (Phi) is 5.14. The highest BCUT2D eigenvalue weighted by molar-refractivity contribution is 5.78. The molecular weight excluding hydrogens is 328 g/mol. The first-order valence-corrected chi connectivity index (χ1v) is 8.58. The fourth-order valence-corrected chi connectivity index (χ4v) is 3.13. The zero-order valence-electron chi connectivity index (χ0n) is 15.0. The summed E-state index contributed by atoms with van der Waals surface area (Å²) >= 11 is 0. The number of fused-ring (bicyclic) bond motifs is 1. The van der Waals surface area contributed by atoms with Crippen molar-refractivity contribution in [1.82, 2.24) is 9.55 Å². The fraction of sp³-hybridized carbons (Fsp3) is 0.250. The van der Waals surface area contributed by atoms with Gasteiger partial charge in [-0.05, 0) is 24.6 Å². The number of aryl methyl sites for hydroxylation is 1. The van der Waals surface area contributed by atoms with E-state index in [0.717, 1.165) is 6.54 Å². The highest BCUT2D eigenvalue weighted by Gasteiger charge is 2.16. The second-order valence-electron chi connectivity index (χ2n) is 6.64. The van der Waals surface area contributed by atoms with Crippen LogP contribution in [0, 0.1) is 6.92 Å². The fourth-order valence-electron chi connectivity index (χ4n) is 3.13. The maximum atomic E-state index is 12.8. The first kappa shape index (κ1) is 17.8. The molecule has 1 aromatic heterocycles. The van der Waals surface area contributed by atoms with Gasteiger partial charge >= 0.3 is 0 Å². The molecule has 6 heteroatoms. The number of hydrogen-bond acceptors (Lipinski definition) is 3. The Morgan fingerprint density at radius 3 is 2.54 bits per heavy atom. The normalized spacial score (nSPS) is 12.2. The van der Waals surface area contributed by atoms with Crippen LogP contribution in [0.4, 0.5) is 0 Å². The van der Waals surface area contributed by atoms with Gasteiger partial charge in [0.25, 0.3) is 5.56 Å². The third-order valence-electron chi connectivity index (χ3n) is 4.47. The number of benzene rings is 2. The van der Waals surface area contributed by atoms with Crippen molar-refractivity contribution >= 4 is 16.8 Å². The smallest absolute Gasteiger partial charge is 0.262 e. The van der Waals surface area contributed by atoms with Crippen LogP contribution in [-0.2, 0) is 24.4 Å². The molecule has 0 spiro atoms. The molecule has 1 unspecified atom stereocenters. The van der Waals surface area contributed by atoms with Crippen molar-refractivity contribution in [2.24, 2.45) is 5.73 Å². The van der Waals surface area contributed by atoms with Gasteiger partial charge < -0.3 is 10.6 Å². The number of carbonyl (C=O) groups excluding carboxylic acids is 1. The molecule has 3 rings (SSSR count). The summed E-state index contributed by atoms with van der Waals surface area (Å²) in [6, 6.07) is 15.4. The largest absolute Gasteiger partial charge is 0.368 e. The number of rotatable bonds is 6. The van der Waals surface area contributed by atoms with Crippen molar-refractivity contribution in [2.45, 2.75) is 26.6 Å². The lowest BCUT2D eigenvalue weighted by atomic mass is 10.1. The van der Waals surface area contributed by atoms with Crippen LogP contribution in [-0.4, -0.2) is 22.5 Å². The number of hydrogen-bond donors (Lipinski definition) is 2. The second-order valence-corrected chi connectivity index (χ2v) is 6.64. The maximum absolute atomic E-state index is 12.8. The quantitative estimate of drug-likeness (QED) is 0.675. The van der Waals surface area contributed by atoms with E-state index < -0.39 is 5.91 Å². The third-order valence-corrected chi connectivity index (χ3v) is 4.47. The van der Waals surface area contributed by atoms with E-state index in [4.69, 9.17) is 5.73 Å². The second kappa shape index (κ2) is 7.49. The van der Waals surface area contributed by atoms with Gasteiger partial charge in [-0.25, -0.2) is 4.98 Å². The molecule has 0 saturated carbocycles. The molecule has 0 fully saturated rings. The molecule has 26 heavy (non-hydrogen) atoms. The van der Waals surface area contributed by atoms with Crippen LogP contribution >= 0.6 is 0 Å². The van der Waals surface area contributed by atoms with E-state index in [-0.39, 0.29) is 12.1 Å². The molecule has 3 N–H and O–H groups in total. The van der Waals surface area contributed by atoms with Gasteiger partial charge in [-0.1, -0.05) is 36.4 Å². The lowest BCUT2D eigenvalue weighted by Gasteiger charge is -2.18. The summed E-state index contributed by atoms with van der Waals surface area (Å²) in [6.45, 7) is 3.23. The summed E-state index contributed by atoms with van der Waals surface area (Å²) in [5, 5.41) is 0.494. The highest BCUT2D eigenvalue weighted by atomic mass is 16.2. The Hall–Kier alpha value is -2.99. The van der Waals surface area contributed by atoms with E-state index in [2.05, 4.69) is 24.0 Å². The van der Waals surface area contributed by atoms with Crippen molar-refractivity contribution in [3.8, 4) is 0 Å². The molecule has 0 saturated heterocycles. The molecule has 0 radical (unpaired) electrons. The third kappa shape index (κ3) is 3.81. The molecule has 0 aliphatic rings. The summed E-state index contributed by atoms with van der Waals surface area (Å²) in [4.78, 5) is 30.0. The van der Waals surface area contributed by atoms with Crippen molar-refractivity contribution in [1.29, 1.82) is 0 Å². The number of nitrogens with two attached hydrogens (primary N) is 1. The van der Waals surface area contributed by atoms with E-state index in [1.165, 1.54) is 20.6 Å². The van der Waals surface area contributed by atoms with E-state index in [1.54, 1.807) is 12.1 Å². The molecule has 1 amide bonds. The Morgan fingerprint density at radius 2 is 1.81 bits per heavy atom. The monoisotopic (exact) mass is 351 g/mol. The Labute approximate surface area is 151 Å². The van der Waals surface area contributed by atoms with Crippen molar-refractivity contribution in [3.05, 3.63) is 75.8 Å². The molecule has 0 aliphatic heterocycles. The van der Waals surface area contributed by atoms with Crippen LogP contribution in [0.1, 0.15) is 17.0 Å². The van der Waals surface area contributed by atoms with Crippen LogP contribution in [0.15, 0.2) is 53.3 Å². The SMILES string of the molecule is Cc1ccccc1C[NH+](C)Cc1nc2ccccc2c(=O)n1CC(N)=O. The first-order chi connectivity index (χ1) is 12.5. The molecule has 0 bridgehead atoms. The molecule has 0 aliphatic carbocycles. The minimum atomic E-state index is -0.554.